The quantitative estimate of drug-likeness (QED) is 0.777. The predicted molar refractivity (Wildman–Crippen MR) is 82.6 cm³/mol. The first kappa shape index (κ1) is 15.3. The molecule has 0 unspecified atom stereocenters. The minimum atomic E-state index is 0.539. The lowest BCUT2D eigenvalue weighted by Gasteiger charge is -2.12. The summed E-state index contributed by atoms with van der Waals surface area (Å²) in [5.74, 6) is 3.02. The van der Waals surface area contributed by atoms with Crippen molar-refractivity contribution in [1.29, 1.82) is 0 Å². The fourth-order valence-corrected chi connectivity index (χ4v) is 2.01. The van der Waals surface area contributed by atoms with Gasteiger partial charge in [0, 0.05) is 31.3 Å². The molecule has 1 aromatic rings. The van der Waals surface area contributed by atoms with E-state index in [1.165, 1.54) is 0 Å². The molecule has 1 aliphatic rings. The van der Waals surface area contributed by atoms with Gasteiger partial charge in [0.2, 0.25) is 0 Å². The number of benzene rings is 1. The first-order valence-electron chi connectivity index (χ1n) is 7.20. The zero-order chi connectivity index (χ0) is 14.9. The number of nitrogens with one attached hydrogen (secondary N) is 2. The van der Waals surface area contributed by atoms with Gasteiger partial charge in [0.25, 0.3) is 0 Å². The molecule has 0 saturated heterocycles. The Morgan fingerprint density at radius 3 is 2.52 bits per heavy atom. The van der Waals surface area contributed by atoms with E-state index in [9.17, 15) is 0 Å². The summed E-state index contributed by atoms with van der Waals surface area (Å²) >= 11 is 0. The molecule has 21 heavy (non-hydrogen) atoms. The lowest BCUT2D eigenvalue weighted by atomic mass is 10.3. The van der Waals surface area contributed by atoms with Gasteiger partial charge in [-0.3, -0.25) is 4.99 Å². The highest BCUT2D eigenvalue weighted by molar-refractivity contribution is 5.79. The number of nitrogens with zero attached hydrogens (tertiary/aromatic N) is 1. The minimum absolute atomic E-state index is 0.539. The summed E-state index contributed by atoms with van der Waals surface area (Å²) in [6.07, 6.45) is 2.30. The lowest BCUT2D eigenvalue weighted by molar-refractivity contribution is 0.315. The Morgan fingerprint density at radius 1 is 1.10 bits per heavy atom. The van der Waals surface area contributed by atoms with Gasteiger partial charge in [-0.25, -0.2) is 0 Å². The van der Waals surface area contributed by atoms with Gasteiger partial charge in [-0.15, -0.1) is 0 Å². The maximum atomic E-state index is 5.71. The van der Waals surface area contributed by atoms with E-state index >= 15 is 0 Å². The Bertz CT molecular complexity index is 455. The number of guanidine groups is 1. The second kappa shape index (κ2) is 8.24. The van der Waals surface area contributed by atoms with E-state index in [0.29, 0.717) is 24.7 Å². The van der Waals surface area contributed by atoms with E-state index in [1.54, 1.807) is 14.2 Å². The molecule has 0 radical (unpaired) electrons. The van der Waals surface area contributed by atoms with Crippen molar-refractivity contribution < 1.29 is 14.2 Å². The molecule has 0 aromatic heterocycles. The molecule has 1 aliphatic heterocycles. The van der Waals surface area contributed by atoms with Crippen molar-refractivity contribution in [3.05, 3.63) is 18.2 Å². The van der Waals surface area contributed by atoms with Gasteiger partial charge in [-0.1, -0.05) is 0 Å². The van der Waals surface area contributed by atoms with Gasteiger partial charge >= 0.3 is 0 Å². The molecule has 0 amide bonds. The Balaban J connectivity index is 1.78. The topological polar surface area (TPSA) is 64.1 Å². The highest BCUT2D eigenvalue weighted by Gasteiger charge is 2.04. The molecule has 2 rings (SSSR count). The molecule has 1 aromatic carbocycles. The van der Waals surface area contributed by atoms with Crippen LogP contribution in [0.2, 0.25) is 0 Å². The maximum Gasteiger partial charge on any atom is 0.191 e. The van der Waals surface area contributed by atoms with Crippen molar-refractivity contribution in [2.75, 3.05) is 40.5 Å². The zero-order valence-electron chi connectivity index (χ0n) is 12.6. The number of rotatable bonds is 6. The van der Waals surface area contributed by atoms with Crippen LogP contribution in [0.3, 0.4) is 0 Å². The Hall–Kier alpha value is -2.11. The SMILES string of the molecule is COc1cc(OC)cc(OCCNC2=NCCCCN2)c1. The van der Waals surface area contributed by atoms with Gasteiger partial charge < -0.3 is 24.8 Å². The fourth-order valence-electron chi connectivity index (χ4n) is 2.01. The van der Waals surface area contributed by atoms with E-state index in [4.69, 9.17) is 14.2 Å². The Labute approximate surface area is 125 Å². The van der Waals surface area contributed by atoms with Gasteiger partial charge in [0.05, 0.1) is 20.8 Å². The van der Waals surface area contributed by atoms with Crippen LogP contribution in [0.5, 0.6) is 17.2 Å². The lowest BCUT2D eigenvalue weighted by Crippen LogP contribution is -2.39. The molecule has 0 fully saturated rings. The van der Waals surface area contributed by atoms with Crippen LogP contribution in [-0.2, 0) is 0 Å². The number of ether oxygens (including phenoxy) is 3. The minimum Gasteiger partial charge on any atom is -0.496 e. The van der Waals surface area contributed by atoms with Crippen molar-refractivity contribution in [3.63, 3.8) is 0 Å². The van der Waals surface area contributed by atoms with Crippen molar-refractivity contribution in [2.45, 2.75) is 12.8 Å². The Morgan fingerprint density at radius 2 is 1.81 bits per heavy atom. The van der Waals surface area contributed by atoms with E-state index in [0.717, 1.165) is 37.6 Å². The second-order valence-electron chi connectivity index (χ2n) is 4.69. The molecular formula is C15H23N3O3. The fraction of sp³-hybridized carbons (Fsp3) is 0.533. The monoisotopic (exact) mass is 293 g/mol. The smallest absolute Gasteiger partial charge is 0.191 e. The third kappa shape index (κ3) is 5.06. The molecule has 0 saturated carbocycles. The molecule has 6 nitrogen and oxygen atoms in total. The molecule has 0 aliphatic carbocycles. The van der Waals surface area contributed by atoms with E-state index < -0.39 is 0 Å². The van der Waals surface area contributed by atoms with Crippen molar-refractivity contribution in [3.8, 4) is 17.2 Å². The summed E-state index contributed by atoms with van der Waals surface area (Å²) in [5.41, 5.74) is 0. The van der Waals surface area contributed by atoms with Crippen molar-refractivity contribution in [2.24, 2.45) is 4.99 Å². The summed E-state index contributed by atoms with van der Waals surface area (Å²) in [7, 11) is 3.24. The van der Waals surface area contributed by atoms with Crippen LogP contribution < -0.4 is 24.8 Å². The average Bonchev–Trinajstić information content (AvgIpc) is 2.80. The van der Waals surface area contributed by atoms with Crippen LogP contribution in [0.4, 0.5) is 0 Å². The maximum absolute atomic E-state index is 5.71. The van der Waals surface area contributed by atoms with Gasteiger partial charge in [-0.2, -0.15) is 0 Å². The molecule has 116 valence electrons. The van der Waals surface area contributed by atoms with Gasteiger partial charge in [-0.05, 0) is 12.8 Å². The highest BCUT2D eigenvalue weighted by Crippen LogP contribution is 2.27. The molecule has 0 spiro atoms. The predicted octanol–water partition coefficient (Wildman–Crippen LogP) is 1.41. The van der Waals surface area contributed by atoms with Crippen LogP contribution in [0, 0.1) is 0 Å². The molecule has 0 atom stereocenters. The summed E-state index contributed by atoms with van der Waals surface area (Å²) in [6, 6.07) is 5.49. The average molecular weight is 293 g/mol. The van der Waals surface area contributed by atoms with Crippen LogP contribution in [0.1, 0.15) is 12.8 Å². The van der Waals surface area contributed by atoms with Crippen molar-refractivity contribution >= 4 is 5.96 Å². The largest absolute Gasteiger partial charge is 0.496 e. The third-order valence-electron chi connectivity index (χ3n) is 3.14. The molecular weight excluding hydrogens is 270 g/mol. The van der Waals surface area contributed by atoms with Crippen LogP contribution in [0.15, 0.2) is 23.2 Å². The first-order valence-corrected chi connectivity index (χ1v) is 7.20. The first-order chi connectivity index (χ1) is 10.3. The Kier molecular flexibility index (Phi) is 5.99. The summed E-state index contributed by atoms with van der Waals surface area (Å²) in [5, 5.41) is 6.50. The van der Waals surface area contributed by atoms with Crippen LogP contribution in [-0.4, -0.2) is 46.4 Å². The zero-order valence-corrected chi connectivity index (χ0v) is 12.6. The molecule has 0 bridgehead atoms. The van der Waals surface area contributed by atoms with Crippen molar-refractivity contribution in [1.82, 2.24) is 10.6 Å². The third-order valence-corrected chi connectivity index (χ3v) is 3.14. The molecule has 2 N–H and O–H groups in total. The second-order valence-corrected chi connectivity index (χ2v) is 4.69. The molecule has 6 heteroatoms. The normalized spacial score (nSPS) is 14.5. The van der Waals surface area contributed by atoms with Crippen LogP contribution in [0.25, 0.3) is 0 Å². The molecule has 1 heterocycles. The standard InChI is InChI=1S/C15H23N3O3/c1-19-12-9-13(20-2)11-14(10-12)21-8-7-18-15-16-5-3-4-6-17-15/h9-11H,3-8H2,1-2H3,(H2,16,17,18). The summed E-state index contributed by atoms with van der Waals surface area (Å²) in [4.78, 5) is 4.42. The van der Waals surface area contributed by atoms with E-state index in [-0.39, 0.29) is 0 Å². The van der Waals surface area contributed by atoms with Crippen LogP contribution >= 0.6 is 0 Å². The van der Waals surface area contributed by atoms with E-state index in [1.807, 2.05) is 18.2 Å². The number of hydrogen-bond donors (Lipinski definition) is 2. The number of aliphatic imine (C=N–C) groups is 1. The van der Waals surface area contributed by atoms with E-state index in [2.05, 4.69) is 15.6 Å². The number of methoxy groups -OCH3 is 2. The van der Waals surface area contributed by atoms with Gasteiger partial charge in [0.1, 0.15) is 23.9 Å². The summed E-state index contributed by atoms with van der Waals surface area (Å²) in [6.45, 7) is 3.07. The summed E-state index contributed by atoms with van der Waals surface area (Å²) < 4.78 is 16.1. The number of hydrogen-bond acceptors (Lipinski definition) is 6. The van der Waals surface area contributed by atoms with Gasteiger partial charge in [0.15, 0.2) is 5.96 Å². The highest BCUT2D eigenvalue weighted by atomic mass is 16.5.